The average Bonchev–Trinajstić information content (AvgIpc) is 2.87. The van der Waals surface area contributed by atoms with Crippen LogP contribution in [0.1, 0.15) is 31.4 Å². The van der Waals surface area contributed by atoms with Crippen molar-refractivity contribution < 1.29 is 4.79 Å². The smallest absolute Gasteiger partial charge is 0.237 e. The highest BCUT2D eigenvalue weighted by Crippen LogP contribution is 2.29. The molecule has 3 N–H and O–H groups in total. The molecule has 1 aliphatic heterocycles. The minimum Gasteiger partial charge on any atom is -0.399 e. The van der Waals surface area contributed by atoms with Gasteiger partial charge in [-0.3, -0.25) is 9.69 Å². The molecule has 98 valence electrons. The number of likely N-dealkylation sites (tertiary alicyclic amines) is 1. The number of nitrogens with two attached hydrogens (primary N) is 1. The Morgan fingerprint density at radius 2 is 2.11 bits per heavy atom. The molecule has 1 amide bonds. The molecule has 1 fully saturated rings. The predicted octanol–water partition coefficient (Wildman–Crippen LogP) is 1.54. The Labute approximate surface area is 108 Å². The zero-order chi connectivity index (χ0) is 13.1. The summed E-state index contributed by atoms with van der Waals surface area (Å²) >= 11 is 0. The molecule has 4 nitrogen and oxygen atoms in total. The highest BCUT2D eigenvalue weighted by Gasteiger charge is 2.33. The van der Waals surface area contributed by atoms with E-state index in [1.165, 1.54) is 5.56 Å². The fraction of sp³-hybridized carbons (Fsp3) is 0.500. The number of nitrogens with one attached hydrogen (secondary N) is 1. The summed E-state index contributed by atoms with van der Waals surface area (Å²) < 4.78 is 0. The van der Waals surface area contributed by atoms with Crippen LogP contribution in [0.5, 0.6) is 0 Å². The number of likely N-dealkylation sites (N-methyl/N-ethyl adjacent to an activating group) is 1. The zero-order valence-corrected chi connectivity index (χ0v) is 11.0. The normalized spacial score (nSPS) is 21.8. The number of hydrogen-bond donors (Lipinski definition) is 2. The standard InChI is InChI=1S/C14H21N3O/c1-10(11-5-7-12(15)8-6-11)17-9-3-4-13(17)14(18)16-2/h5-8,10,13H,3-4,9,15H2,1-2H3,(H,16,18). The first kappa shape index (κ1) is 12.9. The zero-order valence-electron chi connectivity index (χ0n) is 11.0. The van der Waals surface area contributed by atoms with Crippen LogP contribution in [-0.4, -0.2) is 30.4 Å². The van der Waals surface area contributed by atoms with E-state index in [0.717, 1.165) is 25.1 Å². The van der Waals surface area contributed by atoms with Gasteiger partial charge in [0.1, 0.15) is 0 Å². The van der Waals surface area contributed by atoms with Gasteiger partial charge in [0, 0.05) is 18.8 Å². The van der Waals surface area contributed by atoms with Gasteiger partial charge in [-0.05, 0) is 44.0 Å². The Kier molecular flexibility index (Phi) is 3.87. The summed E-state index contributed by atoms with van der Waals surface area (Å²) in [6, 6.07) is 8.16. The number of carbonyl (C=O) groups is 1. The van der Waals surface area contributed by atoms with E-state index in [4.69, 9.17) is 5.73 Å². The van der Waals surface area contributed by atoms with Crippen LogP contribution in [0.15, 0.2) is 24.3 Å². The van der Waals surface area contributed by atoms with Crippen molar-refractivity contribution in [1.29, 1.82) is 0 Å². The van der Waals surface area contributed by atoms with Crippen molar-refractivity contribution in [3.8, 4) is 0 Å². The summed E-state index contributed by atoms with van der Waals surface area (Å²) in [5.74, 6) is 0.120. The van der Waals surface area contributed by atoms with Gasteiger partial charge in [-0.2, -0.15) is 0 Å². The third-order valence-corrected chi connectivity index (χ3v) is 3.76. The maximum Gasteiger partial charge on any atom is 0.237 e. The van der Waals surface area contributed by atoms with Crippen molar-refractivity contribution in [1.82, 2.24) is 10.2 Å². The van der Waals surface area contributed by atoms with Crippen molar-refractivity contribution in [2.45, 2.75) is 31.8 Å². The monoisotopic (exact) mass is 247 g/mol. The number of hydrogen-bond acceptors (Lipinski definition) is 3. The SMILES string of the molecule is CNC(=O)C1CCCN1C(C)c1ccc(N)cc1. The van der Waals surface area contributed by atoms with Gasteiger partial charge in [0.25, 0.3) is 0 Å². The van der Waals surface area contributed by atoms with Crippen LogP contribution in [0.25, 0.3) is 0 Å². The second-order valence-electron chi connectivity index (χ2n) is 4.85. The molecule has 1 aromatic rings. The van der Waals surface area contributed by atoms with Crippen LogP contribution in [0, 0.1) is 0 Å². The molecule has 0 aromatic heterocycles. The fourth-order valence-electron chi connectivity index (χ4n) is 2.67. The fourth-order valence-corrected chi connectivity index (χ4v) is 2.67. The molecule has 1 heterocycles. The molecule has 2 rings (SSSR count). The summed E-state index contributed by atoms with van der Waals surface area (Å²) in [5.41, 5.74) is 7.68. The highest BCUT2D eigenvalue weighted by atomic mass is 16.2. The van der Waals surface area contributed by atoms with Crippen LogP contribution in [0.3, 0.4) is 0 Å². The van der Waals surface area contributed by atoms with E-state index in [-0.39, 0.29) is 18.0 Å². The van der Waals surface area contributed by atoms with Crippen molar-refractivity contribution in [3.63, 3.8) is 0 Å². The van der Waals surface area contributed by atoms with Gasteiger partial charge in [0.15, 0.2) is 0 Å². The van der Waals surface area contributed by atoms with Crippen molar-refractivity contribution in [2.75, 3.05) is 19.3 Å². The lowest BCUT2D eigenvalue weighted by Crippen LogP contribution is -2.42. The molecule has 2 atom stereocenters. The van der Waals surface area contributed by atoms with E-state index >= 15 is 0 Å². The van der Waals surface area contributed by atoms with Gasteiger partial charge in [-0.25, -0.2) is 0 Å². The van der Waals surface area contributed by atoms with Gasteiger partial charge < -0.3 is 11.1 Å². The van der Waals surface area contributed by atoms with E-state index < -0.39 is 0 Å². The Morgan fingerprint density at radius 3 is 2.72 bits per heavy atom. The minimum atomic E-state index is 0.00236. The van der Waals surface area contributed by atoms with Gasteiger partial charge in [0.2, 0.25) is 5.91 Å². The van der Waals surface area contributed by atoms with E-state index in [0.29, 0.717) is 0 Å². The number of nitrogens with zero attached hydrogens (tertiary/aromatic N) is 1. The summed E-state index contributed by atoms with van der Waals surface area (Å²) in [6.07, 6.45) is 2.02. The molecule has 0 bridgehead atoms. The van der Waals surface area contributed by atoms with Crippen LogP contribution in [-0.2, 0) is 4.79 Å². The third-order valence-electron chi connectivity index (χ3n) is 3.76. The molecule has 0 spiro atoms. The molecule has 4 heteroatoms. The molecule has 0 saturated carbocycles. The second kappa shape index (κ2) is 5.40. The van der Waals surface area contributed by atoms with E-state index in [1.54, 1.807) is 7.05 Å². The Hall–Kier alpha value is -1.55. The molecule has 2 unspecified atom stereocenters. The number of amides is 1. The number of anilines is 1. The summed E-state index contributed by atoms with van der Waals surface area (Å²) in [7, 11) is 1.70. The topological polar surface area (TPSA) is 58.4 Å². The lowest BCUT2D eigenvalue weighted by atomic mass is 10.1. The van der Waals surface area contributed by atoms with Gasteiger partial charge >= 0.3 is 0 Å². The molecule has 1 aromatic carbocycles. The van der Waals surface area contributed by atoms with Crippen molar-refractivity contribution in [2.24, 2.45) is 0 Å². The molecule has 0 radical (unpaired) electrons. The molecular formula is C14H21N3O. The van der Waals surface area contributed by atoms with Crippen LogP contribution >= 0.6 is 0 Å². The van der Waals surface area contributed by atoms with Crippen molar-refractivity contribution in [3.05, 3.63) is 29.8 Å². The lowest BCUT2D eigenvalue weighted by Gasteiger charge is -2.29. The Bertz CT molecular complexity index is 416. The molecule has 1 saturated heterocycles. The Morgan fingerprint density at radius 1 is 1.44 bits per heavy atom. The largest absolute Gasteiger partial charge is 0.399 e. The average molecular weight is 247 g/mol. The predicted molar refractivity (Wildman–Crippen MR) is 73.1 cm³/mol. The van der Waals surface area contributed by atoms with Gasteiger partial charge in [-0.15, -0.1) is 0 Å². The highest BCUT2D eigenvalue weighted by molar-refractivity contribution is 5.81. The first-order valence-electron chi connectivity index (χ1n) is 6.46. The summed E-state index contributed by atoms with van der Waals surface area (Å²) in [5, 5.41) is 2.75. The molecule has 1 aliphatic rings. The van der Waals surface area contributed by atoms with Crippen LogP contribution < -0.4 is 11.1 Å². The number of benzene rings is 1. The van der Waals surface area contributed by atoms with E-state index in [9.17, 15) is 4.79 Å². The molecular weight excluding hydrogens is 226 g/mol. The third kappa shape index (κ3) is 2.48. The Balaban J connectivity index is 2.14. The van der Waals surface area contributed by atoms with Crippen LogP contribution in [0.4, 0.5) is 5.69 Å². The first-order chi connectivity index (χ1) is 8.63. The second-order valence-corrected chi connectivity index (χ2v) is 4.85. The molecule has 18 heavy (non-hydrogen) atoms. The first-order valence-corrected chi connectivity index (χ1v) is 6.46. The van der Waals surface area contributed by atoms with Gasteiger partial charge in [0.05, 0.1) is 6.04 Å². The molecule has 0 aliphatic carbocycles. The number of rotatable bonds is 3. The minimum absolute atomic E-state index is 0.00236. The van der Waals surface area contributed by atoms with Gasteiger partial charge in [-0.1, -0.05) is 12.1 Å². The maximum absolute atomic E-state index is 11.8. The maximum atomic E-state index is 11.8. The number of nitrogen functional groups attached to an aromatic ring is 1. The van der Waals surface area contributed by atoms with Crippen molar-refractivity contribution >= 4 is 11.6 Å². The quantitative estimate of drug-likeness (QED) is 0.797. The van der Waals surface area contributed by atoms with E-state index in [2.05, 4.69) is 17.1 Å². The van der Waals surface area contributed by atoms with E-state index in [1.807, 2.05) is 24.3 Å². The lowest BCUT2D eigenvalue weighted by molar-refractivity contribution is -0.125. The summed E-state index contributed by atoms with van der Waals surface area (Å²) in [4.78, 5) is 14.1. The number of carbonyl (C=O) groups excluding carboxylic acids is 1. The van der Waals surface area contributed by atoms with Crippen LogP contribution in [0.2, 0.25) is 0 Å². The summed E-state index contributed by atoms with van der Waals surface area (Å²) in [6.45, 7) is 3.12.